The van der Waals surface area contributed by atoms with Gasteiger partial charge in [0.25, 0.3) is 0 Å². The Morgan fingerprint density at radius 3 is 2.45 bits per heavy atom. The maximum atomic E-state index is 12.0. The van der Waals surface area contributed by atoms with Crippen LogP contribution < -0.4 is 10.6 Å². The molecule has 0 aliphatic heterocycles. The van der Waals surface area contributed by atoms with Gasteiger partial charge in [0, 0.05) is 16.2 Å². The second-order valence-corrected chi connectivity index (χ2v) is 6.79. The van der Waals surface area contributed by atoms with Gasteiger partial charge in [0.1, 0.15) is 0 Å². The van der Waals surface area contributed by atoms with Gasteiger partial charge in [-0.15, -0.1) is 12.4 Å². The summed E-state index contributed by atoms with van der Waals surface area (Å²) < 4.78 is 1.06. The van der Waals surface area contributed by atoms with Crippen LogP contribution in [0.2, 0.25) is 0 Å². The topological polar surface area (TPSA) is 41.1 Å². The fraction of sp³-hybridized carbons (Fsp3) is 0.588. The first kappa shape index (κ1) is 19.5. The molecule has 2 rings (SSSR count). The highest BCUT2D eigenvalue weighted by Crippen LogP contribution is 2.20. The average molecular weight is 390 g/mol. The molecular weight excluding hydrogens is 364 g/mol. The summed E-state index contributed by atoms with van der Waals surface area (Å²) in [6.45, 7) is 2.42. The van der Waals surface area contributed by atoms with Gasteiger partial charge in [-0.3, -0.25) is 4.79 Å². The third-order valence-electron chi connectivity index (χ3n) is 4.10. The number of hydrogen-bond acceptors (Lipinski definition) is 2. The Balaban J connectivity index is 0.00000242. The summed E-state index contributed by atoms with van der Waals surface area (Å²) in [5.74, 6) is 0.0405. The molecule has 5 heteroatoms. The van der Waals surface area contributed by atoms with Crippen LogP contribution in [0.25, 0.3) is 0 Å². The molecule has 0 radical (unpaired) electrons. The molecule has 0 unspecified atom stereocenters. The molecule has 0 spiro atoms. The number of carbonyl (C=O) groups excluding carboxylic acids is 1. The summed E-state index contributed by atoms with van der Waals surface area (Å²) >= 11 is 3.47. The van der Waals surface area contributed by atoms with Crippen LogP contribution >= 0.6 is 28.3 Å². The van der Waals surface area contributed by atoms with E-state index in [0.717, 1.165) is 15.7 Å². The lowest BCUT2D eigenvalue weighted by molar-refractivity contribution is -0.115. The average Bonchev–Trinajstić information content (AvgIpc) is 2.42. The van der Waals surface area contributed by atoms with Crippen molar-refractivity contribution in [1.82, 2.24) is 5.32 Å². The molecule has 1 aromatic rings. The van der Waals surface area contributed by atoms with Crippen LogP contribution in [0.15, 0.2) is 22.7 Å². The van der Waals surface area contributed by atoms with Crippen molar-refractivity contribution >= 4 is 39.9 Å². The van der Waals surface area contributed by atoms with E-state index in [1.165, 1.54) is 44.9 Å². The molecule has 1 amide bonds. The van der Waals surface area contributed by atoms with Crippen molar-refractivity contribution in [3.63, 3.8) is 0 Å². The van der Waals surface area contributed by atoms with E-state index in [-0.39, 0.29) is 18.3 Å². The fourth-order valence-electron chi connectivity index (χ4n) is 2.82. The van der Waals surface area contributed by atoms with Gasteiger partial charge >= 0.3 is 0 Å². The van der Waals surface area contributed by atoms with Gasteiger partial charge in [0.2, 0.25) is 5.91 Å². The minimum Gasteiger partial charge on any atom is -0.325 e. The SMILES string of the molecule is Cc1cc(NC(=O)CNC2CCCCCCC2)ccc1Br.Cl. The molecule has 1 aromatic carbocycles. The zero-order valence-electron chi connectivity index (χ0n) is 13.2. The van der Waals surface area contributed by atoms with Gasteiger partial charge in [0.05, 0.1) is 6.54 Å². The van der Waals surface area contributed by atoms with E-state index in [0.29, 0.717) is 12.6 Å². The van der Waals surface area contributed by atoms with Gasteiger partial charge in [-0.25, -0.2) is 0 Å². The lowest BCUT2D eigenvalue weighted by Crippen LogP contribution is -2.36. The van der Waals surface area contributed by atoms with Crippen LogP contribution in [0, 0.1) is 6.92 Å². The molecule has 1 saturated carbocycles. The summed E-state index contributed by atoms with van der Waals surface area (Å²) in [5.41, 5.74) is 1.99. The lowest BCUT2D eigenvalue weighted by atomic mass is 9.97. The van der Waals surface area contributed by atoms with Crippen LogP contribution in [0.5, 0.6) is 0 Å². The van der Waals surface area contributed by atoms with E-state index in [2.05, 4.69) is 26.6 Å². The van der Waals surface area contributed by atoms with Crippen LogP contribution in [0.3, 0.4) is 0 Å². The first-order chi connectivity index (χ1) is 10.1. The van der Waals surface area contributed by atoms with E-state index in [1.807, 2.05) is 25.1 Å². The quantitative estimate of drug-likeness (QED) is 0.775. The maximum absolute atomic E-state index is 12.0. The highest BCUT2D eigenvalue weighted by Gasteiger charge is 2.12. The second-order valence-electron chi connectivity index (χ2n) is 5.94. The number of benzene rings is 1. The molecule has 1 fully saturated rings. The Bertz CT molecular complexity index is 474. The van der Waals surface area contributed by atoms with Crippen molar-refractivity contribution in [2.24, 2.45) is 0 Å². The van der Waals surface area contributed by atoms with Crippen molar-refractivity contribution < 1.29 is 4.79 Å². The molecule has 0 aromatic heterocycles. The summed E-state index contributed by atoms with van der Waals surface area (Å²) in [6.07, 6.45) is 9.01. The van der Waals surface area contributed by atoms with Crippen LogP contribution in [0.4, 0.5) is 5.69 Å². The van der Waals surface area contributed by atoms with E-state index in [4.69, 9.17) is 0 Å². The van der Waals surface area contributed by atoms with E-state index < -0.39 is 0 Å². The van der Waals surface area contributed by atoms with Crippen molar-refractivity contribution in [2.45, 2.75) is 57.9 Å². The van der Waals surface area contributed by atoms with Crippen LogP contribution in [-0.4, -0.2) is 18.5 Å². The molecule has 1 aliphatic rings. The first-order valence-electron chi connectivity index (χ1n) is 7.94. The number of hydrogen-bond donors (Lipinski definition) is 2. The smallest absolute Gasteiger partial charge is 0.238 e. The molecular formula is C17H26BrClN2O. The number of nitrogens with one attached hydrogen (secondary N) is 2. The van der Waals surface area contributed by atoms with E-state index in [1.54, 1.807) is 0 Å². The van der Waals surface area contributed by atoms with Crippen molar-refractivity contribution in [1.29, 1.82) is 0 Å². The zero-order valence-corrected chi connectivity index (χ0v) is 15.6. The Labute approximate surface area is 148 Å². The highest BCUT2D eigenvalue weighted by molar-refractivity contribution is 9.10. The zero-order chi connectivity index (χ0) is 15.1. The molecule has 0 bridgehead atoms. The van der Waals surface area contributed by atoms with Gasteiger partial charge in [-0.05, 0) is 43.5 Å². The molecule has 22 heavy (non-hydrogen) atoms. The first-order valence-corrected chi connectivity index (χ1v) is 8.74. The van der Waals surface area contributed by atoms with Crippen LogP contribution in [-0.2, 0) is 4.79 Å². The normalized spacial score (nSPS) is 16.3. The molecule has 3 nitrogen and oxygen atoms in total. The Morgan fingerprint density at radius 2 is 1.82 bits per heavy atom. The lowest BCUT2D eigenvalue weighted by Gasteiger charge is -2.20. The monoisotopic (exact) mass is 388 g/mol. The van der Waals surface area contributed by atoms with E-state index >= 15 is 0 Å². The van der Waals surface area contributed by atoms with Crippen molar-refractivity contribution in [3.8, 4) is 0 Å². The van der Waals surface area contributed by atoms with Gasteiger partial charge in [0.15, 0.2) is 0 Å². The molecule has 1 aliphatic carbocycles. The number of halogens is 2. The van der Waals surface area contributed by atoms with Gasteiger partial charge in [-0.2, -0.15) is 0 Å². The minimum atomic E-state index is 0. The number of rotatable bonds is 4. The Morgan fingerprint density at radius 1 is 1.18 bits per heavy atom. The number of anilines is 1. The molecule has 124 valence electrons. The van der Waals surface area contributed by atoms with Gasteiger partial charge < -0.3 is 10.6 Å². The largest absolute Gasteiger partial charge is 0.325 e. The van der Waals surface area contributed by atoms with Gasteiger partial charge in [-0.1, -0.05) is 48.0 Å². The summed E-state index contributed by atoms with van der Waals surface area (Å²) in [5, 5.41) is 6.37. The van der Waals surface area contributed by atoms with Crippen molar-refractivity contribution in [3.05, 3.63) is 28.2 Å². The second kappa shape index (κ2) is 10.2. The summed E-state index contributed by atoms with van der Waals surface area (Å²) in [6, 6.07) is 6.37. The molecule has 2 N–H and O–H groups in total. The number of aryl methyl sites for hydroxylation is 1. The Kier molecular flexibility index (Phi) is 9.06. The summed E-state index contributed by atoms with van der Waals surface area (Å²) in [4.78, 5) is 12.0. The summed E-state index contributed by atoms with van der Waals surface area (Å²) in [7, 11) is 0. The third kappa shape index (κ3) is 6.67. The van der Waals surface area contributed by atoms with Crippen molar-refractivity contribution in [2.75, 3.05) is 11.9 Å². The minimum absolute atomic E-state index is 0. The van der Waals surface area contributed by atoms with E-state index in [9.17, 15) is 4.79 Å². The highest BCUT2D eigenvalue weighted by atomic mass is 79.9. The standard InChI is InChI=1S/C17H25BrN2O.ClH/c1-13-11-15(9-10-16(13)18)20-17(21)12-19-14-7-5-3-2-4-6-8-14;/h9-11,14,19H,2-8,12H2,1H3,(H,20,21);1H. The molecule has 0 heterocycles. The third-order valence-corrected chi connectivity index (χ3v) is 4.99. The molecule has 0 atom stereocenters. The fourth-order valence-corrected chi connectivity index (χ4v) is 3.07. The number of carbonyl (C=O) groups is 1. The predicted octanol–water partition coefficient (Wildman–Crippen LogP) is 4.82. The Hall–Kier alpha value is -0.580. The maximum Gasteiger partial charge on any atom is 0.238 e. The predicted molar refractivity (Wildman–Crippen MR) is 98.9 cm³/mol. The molecule has 0 saturated heterocycles. The van der Waals surface area contributed by atoms with Crippen LogP contribution in [0.1, 0.15) is 50.5 Å². The number of amides is 1.